The Hall–Kier alpha value is -2.54. The highest BCUT2D eigenvalue weighted by molar-refractivity contribution is 5.62. The molecule has 2 aromatic carbocycles. The first-order valence-electron chi connectivity index (χ1n) is 6.17. The van der Waals surface area contributed by atoms with Crippen LogP contribution in [0.4, 0.5) is 20.2 Å². The van der Waals surface area contributed by atoms with Crippen LogP contribution in [0.5, 0.6) is 0 Å². The lowest BCUT2D eigenvalue weighted by Gasteiger charge is -2.14. The van der Waals surface area contributed by atoms with Gasteiger partial charge in [0.2, 0.25) is 0 Å². The van der Waals surface area contributed by atoms with Crippen molar-refractivity contribution in [3.8, 4) is 0 Å². The summed E-state index contributed by atoms with van der Waals surface area (Å²) >= 11 is 0. The molecular weight excluding hydrogens is 280 g/mol. The van der Waals surface area contributed by atoms with E-state index in [1.165, 1.54) is 0 Å². The molecular formula is C14H13F2N3O2. The molecule has 0 radical (unpaired) electrons. The summed E-state index contributed by atoms with van der Waals surface area (Å²) in [7, 11) is 0. The van der Waals surface area contributed by atoms with Crippen molar-refractivity contribution in [2.24, 2.45) is 5.73 Å². The molecule has 0 aliphatic carbocycles. The predicted octanol–water partition coefficient (Wildman–Crippen LogP) is 2.98. The zero-order valence-corrected chi connectivity index (χ0v) is 10.9. The highest BCUT2D eigenvalue weighted by Crippen LogP contribution is 2.29. The molecule has 0 aliphatic heterocycles. The van der Waals surface area contributed by atoms with E-state index in [-0.39, 0.29) is 6.54 Å². The Bertz CT molecular complexity index is 650. The third-order valence-corrected chi connectivity index (χ3v) is 3.00. The maximum atomic E-state index is 13.7. The Morgan fingerprint density at radius 3 is 2.48 bits per heavy atom. The summed E-state index contributed by atoms with van der Waals surface area (Å²) in [6, 6.07) is 10.1. The number of anilines is 1. The quantitative estimate of drug-likeness (QED) is 0.656. The Kier molecular flexibility index (Phi) is 4.44. The number of nitrogens with zero attached hydrogens (tertiary/aromatic N) is 1. The Morgan fingerprint density at radius 1 is 1.19 bits per heavy atom. The topological polar surface area (TPSA) is 81.2 Å². The van der Waals surface area contributed by atoms with Gasteiger partial charge in [-0.15, -0.1) is 0 Å². The van der Waals surface area contributed by atoms with Crippen LogP contribution < -0.4 is 11.1 Å². The summed E-state index contributed by atoms with van der Waals surface area (Å²) in [5, 5.41) is 13.4. The van der Waals surface area contributed by atoms with E-state index < -0.39 is 34.0 Å². The first-order valence-corrected chi connectivity index (χ1v) is 6.17. The van der Waals surface area contributed by atoms with E-state index in [1.807, 2.05) is 6.07 Å². The first-order chi connectivity index (χ1) is 10.0. The highest BCUT2D eigenvalue weighted by atomic mass is 19.2. The Morgan fingerprint density at radius 2 is 1.86 bits per heavy atom. The van der Waals surface area contributed by atoms with Gasteiger partial charge >= 0.3 is 0 Å². The van der Waals surface area contributed by atoms with Gasteiger partial charge in [0.05, 0.1) is 4.92 Å². The molecule has 0 bridgehead atoms. The number of nitrogens with one attached hydrogen (secondary N) is 1. The van der Waals surface area contributed by atoms with E-state index >= 15 is 0 Å². The summed E-state index contributed by atoms with van der Waals surface area (Å²) in [6.45, 7) is 0.0330. The van der Waals surface area contributed by atoms with E-state index in [1.54, 1.807) is 24.3 Å². The molecule has 3 N–H and O–H groups in total. The van der Waals surface area contributed by atoms with Crippen LogP contribution in [0.3, 0.4) is 0 Å². The van der Waals surface area contributed by atoms with Gasteiger partial charge in [-0.2, -0.15) is 0 Å². The zero-order chi connectivity index (χ0) is 15.4. The van der Waals surface area contributed by atoms with E-state index in [2.05, 4.69) is 5.32 Å². The van der Waals surface area contributed by atoms with Crippen molar-refractivity contribution in [3.63, 3.8) is 0 Å². The predicted molar refractivity (Wildman–Crippen MR) is 74.9 cm³/mol. The van der Waals surface area contributed by atoms with E-state index in [9.17, 15) is 18.9 Å². The van der Waals surface area contributed by atoms with Crippen LogP contribution in [0, 0.1) is 21.7 Å². The fraction of sp³-hybridized carbons (Fsp3) is 0.143. The SMILES string of the molecule is NC(CNc1c([N+](=O)[O-])ccc(F)c1F)c1ccccc1. The van der Waals surface area contributed by atoms with Crippen LogP contribution in [-0.2, 0) is 0 Å². The molecule has 0 saturated carbocycles. The molecule has 110 valence electrons. The number of halogens is 2. The van der Waals surface area contributed by atoms with Crippen LogP contribution >= 0.6 is 0 Å². The largest absolute Gasteiger partial charge is 0.375 e. The smallest absolute Gasteiger partial charge is 0.295 e. The van der Waals surface area contributed by atoms with Gasteiger partial charge in [-0.25, -0.2) is 8.78 Å². The number of hydrogen-bond donors (Lipinski definition) is 2. The van der Waals surface area contributed by atoms with Crippen molar-refractivity contribution < 1.29 is 13.7 Å². The Balaban J connectivity index is 2.20. The number of rotatable bonds is 5. The molecule has 2 aromatic rings. The highest BCUT2D eigenvalue weighted by Gasteiger charge is 2.22. The number of nitro groups is 1. The number of nitrogens with two attached hydrogens (primary N) is 1. The van der Waals surface area contributed by atoms with E-state index in [0.717, 1.165) is 17.7 Å². The fourth-order valence-electron chi connectivity index (χ4n) is 1.89. The maximum absolute atomic E-state index is 13.7. The van der Waals surface area contributed by atoms with Gasteiger partial charge < -0.3 is 11.1 Å². The Labute approximate surface area is 119 Å². The van der Waals surface area contributed by atoms with Crippen molar-refractivity contribution in [1.82, 2.24) is 0 Å². The first kappa shape index (κ1) is 14.9. The lowest BCUT2D eigenvalue weighted by atomic mass is 10.1. The second-order valence-electron chi connectivity index (χ2n) is 4.41. The van der Waals surface area contributed by atoms with Crippen LogP contribution in [0.2, 0.25) is 0 Å². The average molecular weight is 293 g/mol. The fourth-order valence-corrected chi connectivity index (χ4v) is 1.89. The second-order valence-corrected chi connectivity index (χ2v) is 4.41. The van der Waals surface area contributed by atoms with Crippen molar-refractivity contribution in [2.75, 3.05) is 11.9 Å². The van der Waals surface area contributed by atoms with Gasteiger partial charge in [-0.1, -0.05) is 30.3 Å². The lowest BCUT2D eigenvalue weighted by Crippen LogP contribution is -2.21. The van der Waals surface area contributed by atoms with E-state index in [4.69, 9.17) is 5.73 Å². The van der Waals surface area contributed by atoms with Crippen LogP contribution in [0.1, 0.15) is 11.6 Å². The molecule has 0 aromatic heterocycles. The molecule has 0 heterocycles. The van der Waals surface area contributed by atoms with Gasteiger partial charge in [0.1, 0.15) is 0 Å². The third-order valence-electron chi connectivity index (χ3n) is 3.00. The second kappa shape index (κ2) is 6.27. The molecule has 1 atom stereocenters. The molecule has 0 spiro atoms. The molecule has 2 rings (SSSR count). The van der Waals surface area contributed by atoms with Crippen molar-refractivity contribution in [2.45, 2.75) is 6.04 Å². The molecule has 0 aliphatic rings. The standard InChI is InChI=1S/C14H13F2N3O2/c15-10-6-7-12(19(20)21)14(13(10)16)18-8-11(17)9-4-2-1-3-5-9/h1-7,11,18H,8,17H2. The lowest BCUT2D eigenvalue weighted by molar-refractivity contribution is -0.384. The zero-order valence-electron chi connectivity index (χ0n) is 10.9. The molecule has 21 heavy (non-hydrogen) atoms. The summed E-state index contributed by atoms with van der Waals surface area (Å²) in [5.41, 5.74) is 5.66. The molecule has 0 saturated heterocycles. The molecule has 0 amide bonds. The molecule has 1 unspecified atom stereocenters. The molecule has 0 fully saturated rings. The minimum Gasteiger partial charge on any atom is -0.375 e. The minimum absolute atomic E-state index is 0.0330. The van der Waals surface area contributed by atoms with Crippen molar-refractivity contribution in [1.29, 1.82) is 0 Å². The van der Waals surface area contributed by atoms with Gasteiger partial charge in [0, 0.05) is 18.7 Å². The summed E-state index contributed by atoms with van der Waals surface area (Å²) < 4.78 is 26.9. The average Bonchev–Trinajstić information content (AvgIpc) is 2.49. The number of hydrogen-bond acceptors (Lipinski definition) is 4. The number of nitro benzene ring substituents is 1. The monoisotopic (exact) mass is 293 g/mol. The minimum atomic E-state index is -1.29. The van der Waals surface area contributed by atoms with E-state index in [0.29, 0.717) is 0 Å². The van der Waals surface area contributed by atoms with Crippen molar-refractivity contribution >= 4 is 11.4 Å². The van der Waals surface area contributed by atoms with Crippen LogP contribution in [-0.4, -0.2) is 11.5 Å². The maximum Gasteiger partial charge on any atom is 0.295 e. The van der Waals surface area contributed by atoms with Gasteiger partial charge in [0.15, 0.2) is 17.3 Å². The van der Waals surface area contributed by atoms with Gasteiger partial charge in [-0.3, -0.25) is 10.1 Å². The van der Waals surface area contributed by atoms with Crippen LogP contribution in [0.25, 0.3) is 0 Å². The van der Waals surface area contributed by atoms with Crippen LogP contribution in [0.15, 0.2) is 42.5 Å². The molecule has 7 heteroatoms. The van der Waals surface area contributed by atoms with Crippen molar-refractivity contribution in [3.05, 3.63) is 69.8 Å². The molecule has 5 nitrogen and oxygen atoms in total. The third kappa shape index (κ3) is 3.32. The van der Waals surface area contributed by atoms with Gasteiger partial charge in [0.25, 0.3) is 5.69 Å². The number of benzene rings is 2. The summed E-state index contributed by atoms with van der Waals surface area (Å²) in [6.07, 6.45) is 0. The normalized spacial score (nSPS) is 12.0. The summed E-state index contributed by atoms with van der Waals surface area (Å²) in [5.74, 6) is -2.44. The summed E-state index contributed by atoms with van der Waals surface area (Å²) in [4.78, 5) is 10.1. The van der Waals surface area contributed by atoms with Gasteiger partial charge in [-0.05, 0) is 11.6 Å².